The van der Waals surface area contributed by atoms with E-state index in [0.29, 0.717) is 0 Å². The van der Waals surface area contributed by atoms with Gasteiger partial charge in [-0.1, -0.05) is 48.6 Å². The van der Waals surface area contributed by atoms with Crippen molar-refractivity contribution >= 4 is 0 Å². The Labute approximate surface area is 99.8 Å². The Hall–Kier alpha value is -1.30. The van der Waals surface area contributed by atoms with Crippen molar-refractivity contribution in [2.45, 2.75) is 39.5 Å². The molecule has 0 nitrogen and oxygen atoms in total. The fourth-order valence-corrected chi connectivity index (χ4v) is 1.82. The van der Waals surface area contributed by atoms with Gasteiger partial charge < -0.3 is 0 Å². The molecule has 16 heavy (non-hydrogen) atoms. The van der Waals surface area contributed by atoms with Crippen LogP contribution in [0.5, 0.6) is 0 Å². The van der Waals surface area contributed by atoms with Crippen molar-refractivity contribution in [1.29, 1.82) is 0 Å². The lowest BCUT2D eigenvalue weighted by Gasteiger charge is -2.15. The van der Waals surface area contributed by atoms with E-state index in [4.69, 9.17) is 0 Å². The van der Waals surface area contributed by atoms with E-state index in [0.717, 1.165) is 11.1 Å². The number of allylic oxidation sites excluding steroid dienone is 8. The van der Waals surface area contributed by atoms with Crippen molar-refractivity contribution < 1.29 is 0 Å². The van der Waals surface area contributed by atoms with Crippen LogP contribution in [-0.2, 0) is 0 Å². The lowest BCUT2D eigenvalue weighted by atomic mass is 9.90. The lowest BCUT2D eigenvalue weighted by molar-refractivity contribution is 0.693. The highest BCUT2D eigenvalue weighted by molar-refractivity contribution is 5.38. The summed E-state index contributed by atoms with van der Waals surface area (Å²) in [6.07, 6.45) is 13.7. The third-order valence-corrected chi connectivity index (χ3v) is 2.69. The second kappa shape index (κ2) is 6.32. The molecule has 0 spiro atoms. The monoisotopic (exact) mass is 214 g/mol. The van der Waals surface area contributed by atoms with Crippen LogP contribution >= 0.6 is 0 Å². The molecule has 0 aromatic heterocycles. The fraction of sp³-hybridized carbons (Fsp3) is 0.375. The zero-order valence-corrected chi connectivity index (χ0v) is 10.6. The summed E-state index contributed by atoms with van der Waals surface area (Å²) in [5.74, 6) is 0. The molecule has 1 rings (SSSR count). The van der Waals surface area contributed by atoms with Gasteiger partial charge in [-0.15, -0.1) is 0 Å². The second-order valence-corrected chi connectivity index (χ2v) is 4.62. The zero-order chi connectivity index (χ0) is 12.0. The Balaban J connectivity index is 2.87. The first-order chi connectivity index (χ1) is 7.59. The van der Waals surface area contributed by atoms with Crippen LogP contribution in [0.3, 0.4) is 0 Å². The SMILES string of the molecule is C=C(C)C=CC1=C(C=CC(=C)C)CCCC1. The van der Waals surface area contributed by atoms with Crippen LogP contribution < -0.4 is 0 Å². The van der Waals surface area contributed by atoms with Crippen LogP contribution in [0.1, 0.15) is 39.5 Å². The number of rotatable bonds is 4. The number of hydrogen-bond acceptors (Lipinski definition) is 0. The standard InChI is InChI=1S/C16H22/c1-13(2)9-11-15-7-5-6-8-16(15)12-10-14(3)4/h9-12H,1,3,5-8H2,2,4H3. The summed E-state index contributed by atoms with van der Waals surface area (Å²) in [7, 11) is 0. The molecule has 1 aliphatic rings. The molecule has 0 N–H and O–H groups in total. The summed E-state index contributed by atoms with van der Waals surface area (Å²) >= 11 is 0. The second-order valence-electron chi connectivity index (χ2n) is 4.62. The first-order valence-corrected chi connectivity index (χ1v) is 5.99. The number of hydrogen-bond donors (Lipinski definition) is 0. The Kier molecular flexibility index (Phi) is 5.04. The largest absolute Gasteiger partial charge is 0.0961 e. The van der Waals surface area contributed by atoms with E-state index in [1.54, 1.807) is 0 Å². The first-order valence-electron chi connectivity index (χ1n) is 5.99. The van der Waals surface area contributed by atoms with Crippen LogP contribution in [0, 0.1) is 0 Å². The minimum Gasteiger partial charge on any atom is -0.0961 e. The highest BCUT2D eigenvalue weighted by atomic mass is 14.1. The molecule has 0 fully saturated rings. The smallest absolute Gasteiger partial charge is 0.0276 e. The van der Waals surface area contributed by atoms with Gasteiger partial charge in [0.25, 0.3) is 0 Å². The minimum absolute atomic E-state index is 1.11. The van der Waals surface area contributed by atoms with Gasteiger partial charge in [0.2, 0.25) is 0 Å². The Morgan fingerprint density at radius 1 is 0.875 bits per heavy atom. The molecule has 0 saturated heterocycles. The van der Waals surface area contributed by atoms with E-state index in [-0.39, 0.29) is 0 Å². The van der Waals surface area contributed by atoms with Crippen molar-refractivity contribution in [2.24, 2.45) is 0 Å². The molecule has 0 aromatic rings. The molecule has 1 aliphatic carbocycles. The molecule has 0 heterocycles. The molecule has 0 heteroatoms. The van der Waals surface area contributed by atoms with Gasteiger partial charge in [-0.05, 0) is 50.7 Å². The van der Waals surface area contributed by atoms with Crippen LogP contribution in [0.4, 0.5) is 0 Å². The van der Waals surface area contributed by atoms with Gasteiger partial charge in [0.15, 0.2) is 0 Å². The van der Waals surface area contributed by atoms with Gasteiger partial charge >= 0.3 is 0 Å². The van der Waals surface area contributed by atoms with E-state index < -0.39 is 0 Å². The van der Waals surface area contributed by atoms with Gasteiger partial charge in [-0.2, -0.15) is 0 Å². The Bertz CT molecular complexity index is 325. The van der Waals surface area contributed by atoms with E-state index in [9.17, 15) is 0 Å². The Morgan fingerprint density at radius 2 is 1.25 bits per heavy atom. The first kappa shape index (κ1) is 12.8. The molecule has 0 radical (unpaired) electrons. The van der Waals surface area contributed by atoms with Crippen molar-refractivity contribution in [2.75, 3.05) is 0 Å². The van der Waals surface area contributed by atoms with Crippen molar-refractivity contribution in [1.82, 2.24) is 0 Å². The van der Waals surface area contributed by atoms with Gasteiger partial charge in [0, 0.05) is 0 Å². The summed E-state index contributed by atoms with van der Waals surface area (Å²) in [6.45, 7) is 11.9. The average Bonchev–Trinajstić information content (AvgIpc) is 2.24. The van der Waals surface area contributed by atoms with Crippen LogP contribution in [0.2, 0.25) is 0 Å². The molecule has 86 valence electrons. The molecular formula is C16H22. The predicted octanol–water partition coefficient (Wildman–Crippen LogP) is 5.12. The average molecular weight is 214 g/mol. The molecule has 0 aliphatic heterocycles. The lowest BCUT2D eigenvalue weighted by Crippen LogP contribution is -1.96. The molecule has 0 saturated carbocycles. The van der Waals surface area contributed by atoms with Gasteiger partial charge in [-0.25, -0.2) is 0 Å². The summed E-state index contributed by atoms with van der Waals surface area (Å²) in [6, 6.07) is 0. The fourth-order valence-electron chi connectivity index (χ4n) is 1.82. The Morgan fingerprint density at radius 3 is 1.56 bits per heavy atom. The molecule has 0 amide bonds. The molecule has 0 bridgehead atoms. The maximum Gasteiger partial charge on any atom is -0.0276 e. The maximum atomic E-state index is 3.90. The van der Waals surface area contributed by atoms with Crippen molar-refractivity contribution in [3.63, 3.8) is 0 Å². The normalized spacial score (nSPS) is 17.4. The highest BCUT2D eigenvalue weighted by Crippen LogP contribution is 2.27. The van der Waals surface area contributed by atoms with Gasteiger partial charge in [0.05, 0.1) is 0 Å². The summed E-state index contributed by atoms with van der Waals surface area (Å²) in [5, 5.41) is 0. The van der Waals surface area contributed by atoms with E-state index in [2.05, 4.69) is 37.5 Å². The van der Waals surface area contributed by atoms with E-state index in [1.165, 1.54) is 36.8 Å². The summed E-state index contributed by atoms with van der Waals surface area (Å²) < 4.78 is 0. The molecule has 0 atom stereocenters. The quantitative estimate of drug-likeness (QED) is 0.570. The topological polar surface area (TPSA) is 0 Å². The van der Waals surface area contributed by atoms with E-state index >= 15 is 0 Å². The van der Waals surface area contributed by atoms with Crippen LogP contribution in [0.15, 0.2) is 59.8 Å². The summed E-state index contributed by atoms with van der Waals surface area (Å²) in [4.78, 5) is 0. The van der Waals surface area contributed by atoms with Gasteiger partial charge in [-0.3, -0.25) is 0 Å². The zero-order valence-electron chi connectivity index (χ0n) is 10.6. The van der Waals surface area contributed by atoms with E-state index in [1.807, 2.05) is 13.8 Å². The third-order valence-electron chi connectivity index (χ3n) is 2.69. The molecular weight excluding hydrogens is 192 g/mol. The molecule has 0 aromatic carbocycles. The minimum atomic E-state index is 1.11. The van der Waals surface area contributed by atoms with Gasteiger partial charge in [0.1, 0.15) is 0 Å². The third kappa shape index (κ3) is 4.48. The maximum absolute atomic E-state index is 3.90. The molecule has 0 unspecified atom stereocenters. The van der Waals surface area contributed by atoms with Crippen molar-refractivity contribution in [3.8, 4) is 0 Å². The van der Waals surface area contributed by atoms with Crippen molar-refractivity contribution in [3.05, 3.63) is 59.8 Å². The van der Waals surface area contributed by atoms with Crippen LogP contribution in [0.25, 0.3) is 0 Å². The van der Waals surface area contributed by atoms with Crippen LogP contribution in [-0.4, -0.2) is 0 Å². The summed E-state index contributed by atoms with van der Waals surface area (Å²) in [5.41, 5.74) is 5.15. The highest BCUT2D eigenvalue weighted by Gasteiger charge is 2.07. The predicted molar refractivity (Wildman–Crippen MR) is 73.4 cm³/mol.